The van der Waals surface area contributed by atoms with Gasteiger partial charge in [-0.1, -0.05) is 13.0 Å². The predicted octanol–water partition coefficient (Wildman–Crippen LogP) is 2.75. The van der Waals surface area contributed by atoms with Crippen molar-refractivity contribution in [2.75, 3.05) is 26.2 Å². The number of hydrogen-bond donors (Lipinski definition) is 1. The molecule has 1 unspecified atom stereocenters. The van der Waals surface area contributed by atoms with Crippen LogP contribution >= 0.6 is 0 Å². The second-order valence-electron chi connectivity index (χ2n) is 5.51. The molecule has 0 saturated carbocycles. The molecule has 2 nitrogen and oxygen atoms in total. The predicted molar refractivity (Wildman–Crippen MR) is 78.0 cm³/mol. The fraction of sp³-hybridized carbons (Fsp3) is 0.625. The zero-order chi connectivity index (χ0) is 13.7. The zero-order valence-electron chi connectivity index (χ0n) is 12.1. The Morgan fingerprint density at radius 3 is 2.95 bits per heavy atom. The van der Waals surface area contributed by atoms with Crippen molar-refractivity contribution in [1.82, 2.24) is 10.2 Å². The molecule has 1 heterocycles. The Morgan fingerprint density at radius 2 is 2.21 bits per heavy atom. The molecule has 1 N–H and O–H groups in total. The quantitative estimate of drug-likeness (QED) is 0.899. The van der Waals surface area contributed by atoms with Crippen LogP contribution in [0.15, 0.2) is 18.2 Å². The maximum Gasteiger partial charge on any atom is 0.123 e. The van der Waals surface area contributed by atoms with Crippen molar-refractivity contribution >= 4 is 0 Å². The van der Waals surface area contributed by atoms with Crippen LogP contribution in [-0.4, -0.2) is 37.1 Å². The molecule has 1 saturated heterocycles. The minimum Gasteiger partial charge on any atom is -0.313 e. The molecular formula is C16H25FN2. The van der Waals surface area contributed by atoms with E-state index in [9.17, 15) is 4.39 Å². The summed E-state index contributed by atoms with van der Waals surface area (Å²) in [6.45, 7) is 8.69. The molecule has 1 aliphatic heterocycles. The molecule has 3 heteroatoms. The van der Waals surface area contributed by atoms with E-state index in [4.69, 9.17) is 0 Å². The summed E-state index contributed by atoms with van der Waals surface area (Å²) in [6, 6.07) is 5.80. The minimum absolute atomic E-state index is 0.133. The first-order valence-electron chi connectivity index (χ1n) is 7.40. The summed E-state index contributed by atoms with van der Waals surface area (Å²) >= 11 is 0. The van der Waals surface area contributed by atoms with Gasteiger partial charge in [0.25, 0.3) is 0 Å². The lowest BCUT2D eigenvalue weighted by atomic mass is 10.1. The molecule has 106 valence electrons. The van der Waals surface area contributed by atoms with Crippen LogP contribution < -0.4 is 5.32 Å². The third kappa shape index (κ3) is 4.29. The topological polar surface area (TPSA) is 15.3 Å². The monoisotopic (exact) mass is 264 g/mol. The van der Waals surface area contributed by atoms with E-state index in [1.165, 1.54) is 24.9 Å². The molecule has 0 amide bonds. The van der Waals surface area contributed by atoms with E-state index in [-0.39, 0.29) is 5.82 Å². The van der Waals surface area contributed by atoms with Crippen LogP contribution in [-0.2, 0) is 6.42 Å². The highest BCUT2D eigenvalue weighted by Gasteiger charge is 2.14. The fourth-order valence-corrected chi connectivity index (χ4v) is 2.77. The second kappa shape index (κ2) is 7.01. The molecule has 19 heavy (non-hydrogen) atoms. The SMILES string of the molecule is CCC1CCN(CCc2ccc(F)cc2C)CCN1. The molecule has 2 rings (SSSR count). The van der Waals surface area contributed by atoms with Gasteiger partial charge < -0.3 is 10.2 Å². The smallest absolute Gasteiger partial charge is 0.123 e. The highest BCUT2D eigenvalue weighted by Crippen LogP contribution is 2.12. The van der Waals surface area contributed by atoms with Crippen LogP contribution in [0, 0.1) is 12.7 Å². The highest BCUT2D eigenvalue weighted by atomic mass is 19.1. The Balaban J connectivity index is 1.84. The van der Waals surface area contributed by atoms with Crippen molar-refractivity contribution in [3.63, 3.8) is 0 Å². The van der Waals surface area contributed by atoms with Gasteiger partial charge in [0.05, 0.1) is 0 Å². The lowest BCUT2D eigenvalue weighted by Crippen LogP contribution is -2.31. The Bertz CT molecular complexity index is 406. The molecular weight excluding hydrogens is 239 g/mol. The van der Waals surface area contributed by atoms with Gasteiger partial charge in [-0.25, -0.2) is 4.39 Å². The molecule has 0 aliphatic carbocycles. The number of rotatable bonds is 4. The van der Waals surface area contributed by atoms with Gasteiger partial charge in [0.15, 0.2) is 0 Å². The molecule has 0 bridgehead atoms. The number of nitrogens with one attached hydrogen (secondary N) is 1. The molecule has 0 radical (unpaired) electrons. The first-order chi connectivity index (χ1) is 9.19. The molecule has 0 aromatic heterocycles. The Labute approximate surface area is 116 Å². The van der Waals surface area contributed by atoms with E-state index in [0.29, 0.717) is 6.04 Å². The second-order valence-corrected chi connectivity index (χ2v) is 5.51. The fourth-order valence-electron chi connectivity index (χ4n) is 2.77. The van der Waals surface area contributed by atoms with E-state index < -0.39 is 0 Å². The Kier molecular flexibility index (Phi) is 5.34. The van der Waals surface area contributed by atoms with Crippen LogP contribution in [0.25, 0.3) is 0 Å². The van der Waals surface area contributed by atoms with Crippen molar-refractivity contribution in [3.8, 4) is 0 Å². The van der Waals surface area contributed by atoms with Crippen molar-refractivity contribution in [2.45, 2.75) is 39.2 Å². The Morgan fingerprint density at radius 1 is 1.37 bits per heavy atom. The van der Waals surface area contributed by atoms with Crippen LogP contribution in [0.2, 0.25) is 0 Å². The summed E-state index contributed by atoms with van der Waals surface area (Å²) in [4.78, 5) is 2.52. The Hall–Kier alpha value is -0.930. The van der Waals surface area contributed by atoms with Crippen LogP contribution in [0.4, 0.5) is 4.39 Å². The van der Waals surface area contributed by atoms with E-state index in [0.717, 1.165) is 31.6 Å². The molecule has 0 spiro atoms. The van der Waals surface area contributed by atoms with Gasteiger partial charge in [0.1, 0.15) is 5.82 Å². The van der Waals surface area contributed by atoms with E-state index in [2.05, 4.69) is 17.1 Å². The summed E-state index contributed by atoms with van der Waals surface area (Å²) in [6.07, 6.45) is 3.46. The molecule has 1 fully saturated rings. The lowest BCUT2D eigenvalue weighted by molar-refractivity contribution is 0.293. The summed E-state index contributed by atoms with van der Waals surface area (Å²) in [7, 11) is 0. The summed E-state index contributed by atoms with van der Waals surface area (Å²) in [5, 5.41) is 3.59. The number of nitrogens with zero attached hydrogens (tertiary/aromatic N) is 1. The van der Waals surface area contributed by atoms with Crippen molar-refractivity contribution in [3.05, 3.63) is 35.1 Å². The van der Waals surface area contributed by atoms with Crippen molar-refractivity contribution in [1.29, 1.82) is 0 Å². The molecule has 1 aromatic rings. The van der Waals surface area contributed by atoms with Crippen LogP contribution in [0.1, 0.15) is 30.9 Å². The summed E-state index contributed by atoms with van der Waals surface area (Å²) in [5.41, 5.74) is 2.34. The normalized spacial score (nSPS) is 21.3. The number of hydrogen-bond acceptors (Lipinski definition) is 2. The van der Waals surface area contributed by atoms with Gasteiger partial charge >= 0.3 is 0 Å². The van der Waals surface area contributed by atoms with Gasteiger partial charge in [0, 0.05) is 25.7 Å². The van der Waals surface area contributed by atoms with E-state index in [1.807, 2.05) is 13.0 Å². The highest BCUT2D eigenvalue weighted by molar-refractivity contribution is 5.26. The molecule has 1 atom stereocenters. The third-order valence-corrected chi connectivity index (χ3v) is 4.15. The van der Waals surface area contributed by atoms with Crippen molar-refractivity contribution < 1.29 is 4.39 Å². The van der Waals surface area contributed by atoms with Crippen LogP contribution in [0.5, 0.6) is 0 Å². The third-order valence-electron chi connectivity index (χ3n) is 4.15. The molecule has 1 aliphatic rings. The summed E-state index contributed by atoms with van der Waals surface area (Å²) < 4.78 is 13.1. The van der Waals surface area contributed by atoms with Gasteiger partial charge in [-0.05, 0) is 56.0 Å². The maximum absolute atomic E-state index is 13.1. The largest absolute Gasteiger partial charge is 0.313 e. The zero-order valence-corrected chi connectivity index (χ0v) is 12.1. The van der Waals surface area contributed by atoms with Gasteiger partial charge in [-0.2, -0.15) is 0 Å². The minimum atomic E-state index is -0.133. The average molecular weight is 264 g/mol. The summed E-state index contributed by atoms with van der Waals surface area (Å²) in [5.74, 6) is -0.133. The lowest BCUT2D eigenvalue weighted by Gasteiger charge is -2.20. The standard InChI is InChI=1S/C16H25FN2/c1-3-16-7-10-19(11-8-18-16)9-6-14-4-5-15(17)12-13(14)2/h4-5,12,16,18H,3,6-11H2,1-2H3. The number of aryl methyl sites for hydroxylation is 1. The first-order valence-corrected chi connectivity index (χ1v) is 7.40. The van der Waals surface area contributed by atoms with Crippen molar-refractivity contribution in [2.24, 2.45) is 0 Å². The van der Waals surface area contributed by atoms with Gasteiger partial charge in [-0.3, -0.25) is 0 Å². The maximum atomic E-state index is 13.1. The van der Waals surface area contributed by atoms with Gasteiger partial charge in [0.2, 0.25) is 0 Å². The van der Waals surface area contributed by atoms with E-state index >= 15 is 0 Å². The number of halogens is 1. The first kappa shape index (κ1) is 14.5. The molecule has 1 aromatic carbocycles. The van der Waals surface area contributed by atoms with E-state index in [1.54, 1.807) is 12.1 Å². The van der Waals surface area contributed by atoms with Gasteiger partial charge in [-0.15, -0.1) is 0 Å². The van der Waals surface area contributed by atoms with Crippen LogP contribution in [0.3, 0.4) is 0 Å². The number of benzene rings is 1. The average Bonchev–Trinajstić information content (AvgIpc) is 2.63.